The number of anilines is 1. The minimum Gasteiger partial charge on any atom is -0.424 e. The first kappa shape index (κ1) is 18.9. The summed E-state index contributed by atoms with van der Waals surface area (Å²) in [5, 5.41) is 7.97. The maximum Gasteiger partial charge on any atom is 0.295 e. The van der Waals surface area contributed by atoms with Gasteiger partial charge in [0.25, 0.3) is 11.9 Å². The average molecular weight is 440 g/mol. The minimum atomic E-state index is 0.0159. The Balaban J connectivity index is 1.18. The molecule has 1 saturated heterocycles. The highest BCUT2D eigenvalue weighted by molar-refractivity contribution is 6.00. The summed E-state index contributed by atoms with van der Waals surface area (Å²) in [6, 6.07) is 16.6. The first-order chi connectivity index (χ1) is 16.0. The van der Waals surface area contributed by atoms with Gasteiger partial charge in [-0.2, -0.15) is 10.1 Å². The largest absolute Gasteiger partial charge is 0.424 e. The van der Waals surface area contributed by atoms with Gasteiger partial charge in [-0.05, 0) is 42.9 Å². The van der Waals surface area contributed by atoms with E-state index in [4.69, 9.17) is 4.42 Å². The number of piperidine rings is 2. The summed E-state index contributed by atoms with van der Waals surface area (Å²) in [7, 11) is 1.87. The third-order valence-electron chi connectivity index (χ3n) is 7.96. The van der Waals surface area contributed by atoms with Gasteiger partial charge >= 0.3 is 0 Å². The maximum atomic E-state index is 13.8. The van der Waals surface area contributed by atoms with Gasteiger partial charge in [-0.3, -0.25) is 9.48 Å². The molecule has 4 aromatic rings. The van der Waals surface area contributed by atoms with E-state index in [0.29, 0.717) is 23.7 Å². The molecule has 0 spiro atoms. The van der Waals surface area contributed by atoms with E-state index in [1.807, 2.05) is 54.5 Å². The number of nitrogens with zero attached hydrogens (tertiary/aromatic N) is 4. The van der Waals surface area contributed by atoms with Crippen molar-refractivity contribution in [1.82, 2.24) is 19.7 Å². The van der Waals surface area contributed by atoms with E-state index < -0.39 is 0 Å². The lowest BCUT2D eigenvalue weighted by Gasteiger charge is -2.33. The van der Waals surface area contributed by atoms with Crippen LogP contribution in [-0.2, 0) is 7.05 Å². The standard InChI is InChI=1S/C26H25N5O2/c1-16-6-5-7-17(10-16)18-12-30(2)29-22(18)23(32)31-15-25-13-26(25,14-25)21(31)11-27-24-28-19-8-3-4-9-20(19)33-24/h3-10,12,21H,11,13-15H2,1-2H3,(H,27,28)/t21-,25?,26?/m1/s1. The van der Waals surface area contributed by atoms with Crippen molar-refractivity contribution >= 4 is 23.0 Å². The summed E-state index contributed by atoms with van der Waals surface area (Å²) in [6.45, 7) is 3.51. The molecule has 1 amide bonds. The molecule has 2 saturated carbocycles. The number of aromatic nitrogens is 3. The fraction of sp³-hybridized carbons (Fsp3) is 0.346. The molecular weight excluding hydrogens is 414 g/mol. The van der Waals surface area contributed by atoms with Crippen molar-refractivity contribution in [1.29, 1.82) is 0 Å². The van der Waals surface area contributed by atoms with Crippen molar-refractivity contribution in [2.24, 2.45) is 17.9 Å². The fourth-order valence-electron chi connectivity index (χ4n) is 6.12. The molecule has 7 nitrogen and oxygen atoms in total. The fourth-order valence-corrected chi connectivity index (χ4v) is 6.12. The molecule has 7 rings (SSSR count). The maximum absolute atomic E-state index is 13.8. The quantitative estimate of drug-likeness (QED) is 0.503. The van der Waals surface area contributed by atoms with E-state index in [-0.39, 0.29) is 17.4 Å². The highest BCUT2D eigenvalue weighted by atomic mass is 16.4. The Bertz CT molecular complexity index is 1390. The molecule has 3 aliphatic rings. The Labute approximate surface area is 191 Å². The highest BCUT2D eigenvalue weighted by Gasteiger charge is 2.90. The van der Waals surface area contributed by atoms with Crippen LogP contribution >= 0.6 is 0 Å². The van der Waals surface area contributed by atoms with Gasteiger partial charge < -0.3 is 14.6 Å². The van der Waals surface area contributed by atoms with E-state index in [1.54, 1.807) is 4.68 Å². The monoisotopic (exact) mass is 439 g/mol. The van der Waals surface area contributed by atoms with Gasteiger partial charge in [0, 0.05) is 37.3 Å². The molecular formula is C26H25N5O2. The summed E-state index contributed by atoms with van der Waals surface area (Å²) in [5.74, 6) is 0.0159. The van der Waals surface area contributed by atoms with Crippen molar-refractivity contribution < 1.29 is 9.21 Å². The van der Waals surface area contributed by atoms with Crippen LogP contribution in [-0.4, -0.2) is 44.7 Å². The Morgan fingerprint density at radius 3 is 2.88 bits per heavy atom. The summed E-state index contributed by atoms with van der Waals surface area (Å²) in [5.41, 5.74) is 5.80. The predicted octanol–water partition coefficient (Wildman–Crippen LogP) is 4.25. The van der Waals surface area contributed by atoms with Gasteiger partial charge in [-0.1, -0.05) is 42.0 Å². The Kier molecular flexibility index (Phi) is 3.58. The number of likely N-dealkylation sites (tertiary alicyclic amines) is 1. The third-order valence-corrected chi connectivity index (χ3v) is 7.96. The van der Waals surface area contributed by atoms with Crippen LogP contribution in [0.2, 0.25) is 0 Å². The Hall–Kier alpha value is -3.61. The number of amides is 1. The molecule has 3 heterocycles. The number of hydrogen-bond donors (Lipinski definition) is 1. The van der Waals surface area contributed by atoms with Crippen molar-refractivity contribution in [2.75, 3.05) is 18.4 Å². The van der Waals surface area contributed by atoms with Crippen LogP contribution in [0.25, 0.3) is 22.2 Å². The topological polar surface area (TPSA) is 76.2 Å². The second kappa shape index (κ2) is 6.25. The molecule has 1 atom stereocenters. The van der Waals surface area contributed by atoms with Crippen LogP contribution in [0.1, 0.15) is 28.9 Å². The second-order valence-electron chi connectivity index (χ2n) is 10.0. The number of rotatable bonds is 5. The molecule has 0 unspecified atom stereocenters. The Morgan fingerprint density at radius 2 is 2.06 bits per heavy atom. The van der Waals surface area contributed by atoms with Gasteiger partial charge in [0.1, 0.15) is 5.52 Å². The van der Waals surface area contributed by atoms with Crippen LogP contribution in [0.15, 0.2) is 59.1 Å². The predicted molar refractivity (Wildman–Crippen MR) is 125 cm³/mol. The molecule has 3 fully saturated rings. The lowest BCUT2D eigenvalue weighted by Crippen LogP contribution is -2.47. The SMILES string of the molecule is Cc1cccc(-c2cn(C)nc2C(=O)N2CC34CC3(C4)[C@H]2CNc2nc3ccccc3o2)c1. The average Bonchev–Trinajstić information content (AvgIpc) is 3.32. The van der Waals surface area contributed by atoms with Crippen molar-refractivity contribution in [3.8, 4) is 11.1 Å². The third kappa shape index (κ3) is 2.65. The van der Waals surface area contributed by atoms with Crippen LogP contribution in [0.4, 0.5) is 6.01 Å². The van der Waals surface area contributed by atoms with Crippen molar-refractivity contribution in [3.63, 3.8) is 0 Å². The van der Waals surface area contributed by atoms with Crippen LogP contribution in [0, 0.1) is 17.8 Å². The highest BCUT2D eigenvalue weighted by Crippen LogP contribution is 2.91. The van der Waals surface area contributed by atoms with E-state index >= 15 is 0 Å². The first-order valence-electron chi connectivity index (χ1n) is 11.5. The van der Waals surface area contributed by atoms with Gasteiger partial charge in [0.05, 0.1) is 6.04 Å². The molecule has 2 aliphatic carbocycles. The lowest BCUT2D eigenvalue weighted by molar-refractivity contribution is 0.0637. The number of oxazole rings is 1. The van der Waals surface area contributed by atoms with Crippen LogP contribution < -0.4 is 5.32 Å². The zero-order valence-corrected chi connectivity index (χ0v) is 18.7. The number of carbonyl (C=O) groups excluding carboxylic acids is 1. The number of nitrogens with one attached hydrogen (secondary N) is 1. The molecule has 1 N–H and O–H groups in total. The van der Waals surface area contributed by atoms with Crippen molar-refractivity contribution in [3.05, 3.63) is 66.0 Å². The smallest absolute Gasteiger partial charge is 0.295 e. The van der Waals surface area contributed by atoms with Gasteiger partial charge in [0.2, 0.25) is 0 Å². The number of aryl methyl sites for hydroxylation is 2. The first-order valence-corrected chi connectivity index (χ1v) is 11.5. The Morgan fingerprint density at radius 1 is 1.21 bits per heavy atom. The van der Waals surface area contributed by atoms with E-state index in [9.17, 15) is 4.79 Å². The minimum absolute atomic E-state index is 0.0159. The number of fused-ring (bicyclic) bond motifs is 1. The van der Waals surface area contributed by atoms with E-state index in [2.05, 4.69) is 34.5 Å². The summed E-state index contributed by atoms with van der Waals surface area (Å²) >= 11 is 0. The van der Waals surface area contributed by atoms with Gasteiger partial charge in [-0.25, -0.2) is 0 Å². The number of carbonyl (C=O) groups is 1. The molecule has 2 aromatic heterocycles. The molecule has 33 heavy (non-hydrogen) atoms. The zero-order chi connectivity index (χ0) is 22.4. The molecule has 1 aliphatic heterocycles. The number of para-hydroxylation sites is 2. The van der Waals surface area contributed by atoms with Gasteiger partial charge in [0.15, 0.2) is 11.3 Å². The number of benzene rings is 2. The summed E-state index contributed by atoms with van der Waals surface area (Å²) < 4.78 is 7.59. The second-order valence-corrected chi connectivity index (χ2v) is 10.0. The number of hydrogen-bond acceptors (Lipinski definition) is 5. The van der Waals surface area contributed by atoms with E-state index in [0.717, 1.165) is 34.3 Å². The zero-order valence-electron chi connectivity index (χ0n) is 18.7. The van der Waals surface area contributed by atoms with E-state index in [1.165, 1.54) is 12.8 Å². The van der Waals surface area contributed by atoms with Crippen molar-refractivity contribution in [2.45, 2.75) is 25.8 Å². The molecule has 7 heteroatoms. The molecule has 166 valence electrons. The van der Waals surface area contributed by atoms with Crippen LogP contribution in [0.3, 0.4) is 0 Å². The van der Waals surface area contributed by atoms with Crippen LogP contribution in [0.5, 0.6) is 0 Å². The molecule has 0 radical (unpaired) electrons. The van der Waals surface area contributed by atoms with Gasteiger partial charge in [-0.15, -0.1) is 0 Å². The summed E-state index contributed by atoms with van der Waals surface area (Å²) in [4.78, 5) is 20.4. The molecule has 0 bridgehead atoms. The lowest BCUT2D eigenvalue weighted by atomic mass is 9.99. The molecule has 2 aromatic carbocycles. The normalized spacial score (nSPS) is 26.8. The summed E-state index contributed by atoms with van der Waals surface area (Å²) in [6.07, 6.45) is 4.38.